The Morgan fingerprint density at radius 1 is 1.03 bits per heavy atom. The van der Waals surface area contributed by atoms with Crippen molar-refractivity contribution in [1.29, 1.82) is 0 Å². The molecule has 1 N–H and O–H groups in total. The SMILES string of the molecule is O=C(NCCc1ccccc1F)C1CCN(C(=O)c2cnc(-c3ccccc3F)s2)CC1. The number of hydrogen-bond acceptors (Lipinski definition) is 4. The smallest absolute Gasteiger partial charge is 0.265 e. The molecule has 0 atom stereocenters. The van der Waals surface area contributed by atoms with Crippen LogP contribution in [-0.4, -0.2) is 41.3 Å². The van der Waals surface area contributed by atoms with Crippen molar-refractivity contribution >= 4 is 23.2 Å². The molecule has 32 heavy (non-hydrogen) atoms. The van der Waals surface area contributed by atoms with Gasteiger partial charge in [0.1, 0.15) is 21.5 Å². The molecule has 2 heterocycles. The summed E-state index contributed by atoms with van der Waals surface area (Å²) in [4.78, 5) is 31.7. The predicted octanol–water partition coefficient (Wildman–Crippen LogP) is 4.30. The first-order valence-electron chi connectivity index (χ1n) is 10.5. The largest absolute Gasteiger partial charge is 0.356 e. The van der Waals surface area contributed by atoms with Gasteiger partial charge in [0.05, 0.1) is 6.20 Å². The maximum Gasteiger partial charge on any atom is 0.265 e. The molecular formula is C24H23F2N3O2S. The zero-order valence-corrected chi connectivity index (χ0v) is 18.2. The van der Waals surface area contributed by atoms with Gasteiger partial charge in [-0.25, -0.2) is 13.8 Å². The lowest BCUT2D eigenvalue weighted by molar-refractivity contribution is -0.126. The Hall–Kier alpha value is -3.13. The van der Waals surface area contributed by atoms with Gasteiger partial charge in [-0.15, -0.1) is 11.3 Å². The monoisotopic (exact) mass is 455 g/mol. The number of likely N-dealkylation sites (tertiary alicyclic amines) is 1. The van der Waals surface area contributed by atoms with Gasteiger partial charge >= 0.3 is 0 Å². The molecular weight excluding hydrogens is 432 g/mol. The van der Waals surface area contributed by atoms with E-state index in [2.05, 4.69) is 10.3 Å². The van der Waals surface area contributed by atoms with Gasteiger partial charge in [-0.3, -0.25) is 9.59 Å². The third-order valence-corrected chi connectivity index (χ3v) is 6.64. The van der Waals surface area contributed by atoms with Crippen LogP contribution >= 0.6 is 11.3 Å². The molecule has 1 aliphatic rings. The topological polar surface area (TPSA) is 62.3 Å². The van der Waals surface area contributed by atoms with Gasteiger partial charge in [0.25, 0.3) is 5.91 Å². The Morgan fingerprint density at radius 3 is 2.44 bits per heavy atom. The van der Waals surface area contributed by atoms with Crippen LogP contribution < -0.4 is 5.32 Å². The molecule has 166 valence electrons. The number of aromatic nitrogens is 1. The maximum atomic E-state index is 14.0. The minimum absolute atomic E-state index is 0.0620. The van der Waals surface area contributed by atoms with Crippen LogP contribution in [0.5, 0.6) is 0 Å². The second-order valence-electron chi connectivity index (χ2n) is 7.71. The Labute approximate surface area is 189 Å². The average Bonchev–Trinajstić information content (AvgIpc) is 3.30. The average molecular weight is 456 g/mol. The summed E-state index contributed by atoms with van der Waals surface area (Å²) in [6.45, 7) is 1.31. The molecule has 0 spiro atoms. The fourth-order valence-corrected chi connectivity index (χ4v) is 4.71. The summed E-state index contributed by atoms with van der Waals surface area (Å²) in [5, 5.41) is 3.35. The highest BCUT2D eigenvalue weighted by Crippen LogP contribution is 2.29. The Balaban J connectivity index is 1.27. The van der Waals surface area contributed by atoms with Crippen molar-refractivity contribution < 1.29 is 18.4 Å². The van der Waals surface area contributed by atoms with Crippen molar-refractivity contribution in [1.82, 2.24) is 15.2 Å². The second kappa shape index (κ2) is 9.99. The second-order valence-corrected chi connectivity index (χ2v) is 8.74. The molecule has 3 aromatic rings. The van der Waals surface area contributed by atoms with Crippen molar-refractivity contribution in [2.75, 3.05) is 19.6 Å². The summed E-state index contributed by atoms with van der Waals surface area (Å²) < 4.78 is 27.7. The molecule has 1 aliphatic heterocycles. The molecule has 1 fully saturated rings. The van der Waals surface area contributed by atoms with Gasteiger partial charge < -0.3 is 10.2 Å². The van der Waals surface area contributed by atoms with Gasteiger partial charge in [0.15, 0.2) is 0 Å². The first kappa shape index (κ1) is 22.1. The van der Waals surface area contributed by atoms with Crippen LogP contribution in [0.3, 0.4) is 0 Å². The molecule has 0 aliphatic carbocycles. The highest BCUT2D eigenvalue weighted by Gasteiger charge is 2.28. The van der Waals surface area contributed by atoms with Gasteiger partial charge in [-0.2, -0.15) is 0 Å². The van der Waals surface area contributed by atoms with Gasteiger partial charge in [-0.05, 0) is 43.0 Å². The molecule has 0 radical (unpaired) electrons. The molecule has 8 heteroatoms. The highest BCUT2D eigenvalue weighted by molar-refractivity contribution is 7.16. The molecule has 1 aromatic heterocycles. The van der Waals surface area contributed by atoms with E-state index in [0.29, 0.717) is 59.9 Å². The molecule has 0 bridgehead atoms. The van der Waals surface area contributed by atoms with E-state index in [1.165, 1.54) is 29.7 Å². The van der Waals surface area contributed by atoms with Crippen LogP contribution in [0.15, 0.2) is 54.7 Å². The molecule has 2 aromatic carbocycles. The fraction of sp³-hybridized carbons (Fsp3) is 0.292. The zero-order valence-electron chi connectivity index (χ0n) is 17.4. The van der Waals surface area contributed by atoms with Gasteiger partial charge in [0.2, 0.25) is 5.91 Å². The highest BCUT2D eigenvalue weighted by atomic mass is 32.1. The lowest BCUT2D eigenvalue weighted by atomic mass is 9.95. The summed E-state index contributed by atoms with van der Waals surface area (Å²) in [6, 6.07) is 12.9. The van der Waals surface area contributed by atoms with E-state index in [4.69, 9.17) is 0 Å². The number of nitrogens with zero attached hydrogens (tertiary/aromatic N) is 2. The Morgan fingerprint density at radius 2 is 1.72 bits per heavy atom. The van der Waals surface area contributed by atoms with E-state index in [1.807, 2.05) is 0 Å². The van der Waals surface area contributed by atoms with Crippen molar-refractivity contribution in [2.45, 2.75) is 19.3 Å². The summed E-state index contributed by atoms with van der Waals surface area (Å²) in [5.74, 6) is -1.02. The third kappa shape index (κ3) is 5.02. The van der Waals surface area contributed by atoms with E-state index in [1.54, 1.807) is 41.3 Å². The number of amides is 2. The van der Waals surface area contributed by atoms with Crippen molar-refractivity contribution in [3.8, 4) is 10.6 Å². The van der Waals surface area contributed by atoms with Crippen LogP contribution in [0, 0.1) is 17.6 Å². The minimum atomic E-state index is -0.373. The molecule has 0 saturated carbocycles. The minimum Gasteiger partial charge on any atom is -0.356 e. The molecule has 0 unspecified atom stereocenters. The van der Waals surface area contributed by atoms with Crippen LogP contribution in [0.4, 0.5) is 8.78 Å². The Kier molecular flexibility index (Phi) is 6.90. The maximum absolute atomic E-state index is 14.0. The Bertz CT molecular complexity index is 1110. The van der Waals surface area contributed by atoms with Crippen molar-refractivity contribution in [3.63, 3.8) is 0 Å². The van der Waals surface area contributed by atoms with E-state index >= 15 is 0 Å². The van der Waals surface area contributed by atoms with Crippen LogP contribution in [0.1, 0.15) is 28.1 Å². The van der Waals surface area contributed by atoms with Crippen molar-refractivity contribution in [3.05, 3.63) is 76.8 Å². The summed E-state index contributed by atoms with van der Waals surface area (Å²) in [5.41, 5.74) is 0.954. The molecule has 5 nitrogen and oxygen atoms in total. The van der Waals surface area contributed by atoms with Crippen LogP contribution in [-0.2, 0) is 11.2 Å². The van der Waals surface area contributed by atoms with E-state index < -0.39 is 0 Å². The number of nitrogens with one attached hydrogen (secondary N) is 1. The summed E-state index contributed by atoms with van der Waals surface area (Å²) in [7, 11) is 0. The quantitative estimate of drug-likeness (QED) is 0.603. The number of carbonyl (C=O) groups excluding carboxylic acids is 2. The normalized spacial score (nSPS) is 14.4. The molecule has 1 saturated heterocycles. The third-order valence-electron chi connectivity index (χ3n) is 5.63. The van der Waals surface area contributed by atoms with Gasteiger partial charge in [-0.1, -0.05) is 30.3 Å². The number of piperidine rings is 1. The zero-order chi connectivity index (χ0) is 22.5. The van der Waals surface area contributed by atoms with E-state index in [0.717, 1.165) is 0 Å². The summed E-state index contributed by atoms with van der Waals surface area (Å²) in [6.07, 6.45) is 3.05. The lowest BCUT2D eigenvalue weighted by Crippen LogP contribution is -2.43. The predicted molar refractivity (Wildman–Crippen MR) is 119 cm³/mol. The number of thiazole rings is 1. The van der Waals surface area contributed by atoms with E-state index in [9.17, 15) is 18.4 Å². The lowest BCUT2D eigenvalue weighted by Gasteiger charge is -2.31. The van der Waals surface area contributed by atoms with Crippen molar-refractivity contribution in [2.24, 2.45) is 5.92 Å². The van der Waals surface area contributed by atoms with Gasteiger partial charge in [0, 0.05) is 31.1 Å². The first-order valence-corrected chi connectivity index (χ1v) is 11.4. The standard InChI is InChI=1S/C24H23F2N3O2S/c25-19-7-3-1-5-16(19)9-12-27-22(30)17-10-13-29(14-11-17)24(31)21-15-28-23(32-21)18-6-2-4-8-20(18)26/h1-8,15,17H,9-14H2,(H,27,30). The number of halogens is 2. The van der Waals surface area contributed by atoms with Crippen LogP contribution in [0.25, 0.3) is 10.6 Å². The number of benzene rings is 2. The number of carbonyl (C=O) groups is 2. The number of rotatable bonds is 6. The first-order chi connectivity index (χ1) is 15.5. The van der Waals surface area contributed by atoms with E-state index in [-0.39, 0.29) is 29.4 Å². The summed E-state index contributed by atoms with van der Waals surface area (Å²) >= 11 is 1.17. The molecule has 2 amide bonds. The van der Waals surface area contributed by atoms with Crippen LogP contribution in [0.2, 0.25) is 0 Å². The molecule has 4 rings (SSSR count). The number of hydrogen-bond donors (Lipinski definition) is 1. The fourth-order valence-electron chi connectivity index (χ4n) is 3.80.